The number of carbonyl (C=O) groups is 1. The molecule has 90 valence electrons. The van der Waals surface area contributed by atoms with Crippen molar-refractivity contribution in [1.82, 2.24) is 0 Å². The SMILES string of the molecule is N=C(N)c1cccc(N)c1C(=O)c1ccccc1. The summed E-state index contributed by atoms with van der Waals surface area (Å²) in [5.74, 6) is -0.388. The Kier molecular flexibility index (Phi) is 3.10. The zero-order valence-electron chi connectivity index (χ0n) is 9.68. The lowest BCUT2D eigenvalue weighted by Crippen LogP contribution is -2.18. The monoisotopic (exact) mass is 239 g/mol. The van der Waals surface area contributed by atoms with Crippen LogP contribution in [0.3, 0.4) is 0 Å². The minimum absolute atomic E-state index is 0.165. The molecule has 0 amide bonds. The molecule has 0 saturated carbocycles. The minimum atomic E-state index is -0.223. The first-order valence-electron chi connectivity index (χ1n) is 5.44. The molecule has 0 aliphatic rings. The summed E-state index contributed by atoms with van der Waals surface area (Å²) in [5.41, 5.74) is 12.8. The summed E-state index contributed by atoms with van der Waals surface area (Å²) >= 11 is 0. The zero-order chi connectivity index (χ0) is 13.1. The van der Waals surface area contributed by atoms with Gasteiger partial charge in [-0.3, -0.25) is 10.2 Å². The molecule has 2 aromatic rings. The molecule has 0 aliphatic heterocycles. The Balaban J connectivity index is 2.58. The Hall–Kier alpha value is -2.62. The van der Waals surface area contributed by atoms with Gasteiger partial charge in [0.2, 0.25) is 0 Å². The number of ketones is 1. The van der Waals surface area contributed by atoms with Gasteiger partial charge in [-0.15, -0.1) is 0 Å². The molecule has 0 bridgehead atoms. The number of nitrogen functional groups attached to an aromatic ring is 2. The van der Waals surface area contributed by atoms with Gasteiger partial charge in [-0.05, 0) is 6.07 Å². The molecule has 0 radical (unpaired) electrons. The number of anilines is 1. The van der Waals surface area contributed by atoms with Gasteiger partial charge in [0.05, 0.1) is 5.56 Å². The van der Waals surface area contributed by atoms with Crippen LogP contribution in [0.15, 0.2) is 48.5 Å². The van der Waals surface area contributed by atoms with Gasteiger partial charge in [0.15, 0.2) is 5.78 Å². The van der Waals surface area contributed by atoms with Gasteiger partial charge >= 0.3 is 0 Å². The molecule has 2 aromatic carbocycles. The fourth-order valence-electron chi connectivity index (χ4n) is 1.78. The minimum Gasteiger partial charge on any atom is -0.398 e. The number of hydrogen-bond donors (Lipinski definition) is 3. The topological polar surface area (TPSA) is 93.0 Å². The zero-order valence-corrected chi connectivity index (χ0v) is 9.68. The first kappa shape index (κ1) is 11.9. The number of nitrogens with one attached hydrogen (secondary N) is 1. The summed E-state index contributed by atoms with van der Waals surface area (Å²) in [6.45, 7) is 0. The first-order chi connectivity index (χ1) is 8.61. The summed E-state index contributed by atoms with van der Waals surface area (Å²) in [7, 11) is 0. The largest absolute Gasteiger partial charge is 0.398 e. The second-order valence-electron chi connectivity index (χ2n) is 3.88. The lowest BCUT2D eigenvalue weighted by atomic mass is 9.96. The molecular weight excluding hydrogens is 226 g/mol. The van der Waals surface area contributed by atoms with Crippen molar-refractivity contribution in [2.75, 3.05) is 5.73 Å². The molecule has 0 spiro atoms. The Morgan fingerprint density at radius 3 is 2.28 bits per heavy atom. The van der Waals surface area contributed by atoms with E-state index in [1.807, 2.05) is 6.07 Å². The summed E-state index contributed by atoms with van der Waals surface area (Å²) < 4.78 is 0. The average molecular weight is 239 g/mol. The Labute approximate surface area is 105 Å². The number of carbonyl (C=O) groups excluding carboxylic acids is 1. The molecule has 2 rings (SSSR count). The van der Waals surface area contributed by atoms with Crippen molar-refractivity contribution in [1.29, 1.82) is 5.41 Å². The van der Waals surface area contributed by atoms with Gasteiger partial charge in [0, 0.05) is 16.8 Å². The molecule has 0 unspecified atom stereocenters. The maximum Gasteiger partial charge on any atom is 0.195 e. The molecule has 0 saturated heterocycles. The molecule has 18 heavy (non-hydrogen) atoms. The van der Waals surface area contributed by atoms with Crippen LogP contribution >= 0.6 is 0 Å². The second-order valence-corrected chi connectivity index (χ2v) is 3.88. The Bertz CT molecular complexity index is 606. The van der Waals surface area contributed by atoms with Crippen LogP contribution in [-0.4, -0.2) is 11.6 Å². The van der Waals surface area contributed by atoms with E-state index >= 15 is 0 Å². The van der Waals surface area contributed by atoms with Crippen LogP contribution < -0.4 is 11.5 Å². The first-order valence-corrected chi connectivity index (χ1v) is 5.44. The van der Waals surface area contributed by atoms with Crippen molar-refractivity contribution in [3.63, 3.8) is 0 Å². The van der Waals surface area contributed by atoms with Crippen LogP contribution in [0.1, 0.15) is 21.5 Å². The average Bonchev–Trinajstić information content (AvgIpc) is 2.38. The Morgan fingerprint density at radius 2 is 1.67 bits per heavy atom. The van der Waals surface area contributed by atoms with Gasteiger partial charge in [-0.25, -0.2) is 0 Å². The standard InChI is InChI=1S/C14H13N3O/c15-11-8-4-7-10(14(16)17)12(11)13(18)9-5-2-1-3-6-9/h1-8H,15H2,(H3,16,17). The van der Waals surface area contributed by atoms with Gasteiger partial charge in [0.1, 0.15) is 5.84 Å². The van der Waals surface area contributed by atoms with Crippen LogP contribution in [0, 0.1) is 5.41 Å². The van der Waals surface area contributed by atoms with E-state index < -0.39 is 0 Å². The van der Waals surface area contributed by atoms with E-state index in [4.69, 9.17) is 16.9 Å². The van der Waals surface area contributed by atoms with Crippen molar-refractivity contribution in [3.8, 4) is 0 Å². The van der Waals surface area contributed by atoms with E-state index in [1.165, 1.54) is 0 Å². The summed E-state index contributed by atoms with van der Waals surface area (Å²) in [6.07, 6.45) is 0. The van der Waals surface area contributed by atoms with E-state index in [9.17, 15) is 4.79 Å². The van der Waals surface area contributed by atoms with Gasteiger partial charge in [-0.2, -0.15) is 0 Å². The van der Waals surface area contributed by atoms with E-state index in [0.29, 0.717) is 16.8 Å². The molecule has 0 heterocycles. The van der Waals surface area contributed by atoms with E-state index in [1.54, 1.807) is 42.5 Å². The van der Waals surface area contributed by atoms with Crippen LogP contribution in [-0.2, 0) is 0 Å². The summed E-state index contributed by atoms with van der Waals surface area (Å²) in [5, 5.41) is 7.50. The molecule has 0 fully saturated rings. The third-order valence-corrected chi connectivity index (χ3v) is 2.65. The molecule has 0 aliphatic carbocycles. The number of amidine groups is 1. The molecule has 5 N–H and O–H groups in total. The highest BCUT2D eigenvalue weighted by Crippen LogP contribution is 2.20. The normalized spacial score (nSPS) is 10.0. The summed E-state index contributed by atoms with van der Waals surface area (Å²) in [6, 6.07) is 13.7. The fraction of sp³-hybridized carbons (Fsp3) is 0. The van der Waals surface area contributed by atoms with E-state index in [-0.39, 0.29) is 17.2 Å². The number of benzene rings is 2. The van der Waals surface area contributed by atoms with E-state index in [2.05, 4.69) is 0 Å². The molecular formula is C14H13N3O. The lowest BCUT2D eigenvalue weighted by Gasteiger charge is -2.10. The quantitative estimate of drug-likeness (QED) is 0.330. The molecule has 0 aromatic heterocycles. The van der Waals surface area contributed by atoms with E-state index in [0.717, 1.165) is 0 Å². The maximum absolute atomic E-state index is 12.4. The van der Waals surface area contributed by atoms with Crippen LogP contribution in [0.4, 0.5) is 5.69 Å². The highest BCUT2D eigenvalue weighted by molar-refractivity contribution is 6.18. The highest BCUT2D eigenvalue weighted by Gasteiger charge is 2.17. The van der Waals surface area contributed by atoms with Crippen molar-refractivity contribution in [2.45, 2.75) is 0 Å². The number of rotatable bonds is 3. The second kappa shape index (κ2) is 4.71. The number of hydrogen-bond acceptors (Lipinski definition) is 3. The molecule has 0 atom stereocenters. The van der Waals surface area contributed by atoms with Crippen molar-refractivity contribution >= 4 is 17.3 Å². The highest BCUT2D eigenvalue weighted by atomic mass is 16.1. The fourth-order valence-corrected chi connectivity index (χ4v) is 1.78. The van der Waals surface area contributed by atoms with Gasteiger partial charge < -0.3 is 11.5 Å². The van der Waals surface area contributed by atoms with Crippen LogP contribution in [0.5, 0.6) is 0 Å². The molecule has 4 nitrogen and oxygen atoms in total. The molecule has 4 heteroatoms. The van der Waals surface area contributed by atoms with Crippen LogP contribution in [0.25, 0.3) is 0 Å². The third-order valence-electron chi connectivity index (χ3n) is 2.65. The number of nitrogens with two attached hydrogens (primary N) is 2. The predicted octanol–water partition coefficient (Wildman–Crippen LogP) is 1.78. The van der Waals surface area contributed by atoms with Gasteiger partial charge in [-0.1, -0.05) is 42.5 Å². The van der Waals surface area contributed by atoms with Crippen molar-refractivity contribution < 1.29 is 4.79 Å². The van der Waals surface area contributed by atoms with Gasteiger partial charge in [0.25, 0.3) is 0 Å². The van der Waals surface area contributed by atoms with Crippen molar-refractivity contribution in [2.24, 2.45) is 5.73 Å². The van der Waals surface area contributed by atoms with Crippen molar-refractivity contribution in [3.05, 3.63) is 65.2 Å². The van der Waals surface area contributed by atoms with Crippen LogP contribution in [0.2, 0.25) is 0 Å². The predicted molar refractivity (Wildman–Crippen MR) is 71.7 cm³/mol. The maximum atomic E-state index is 12.4. The summed E-state index contributed by atoms with van der Waals surface area (Å²) in [4.78, 5) is 12.4. The smallest absolute Gasteiger partial charge is 0.195 e. The third kappa shape index (κ3) is 2.08. The lowest BCUT2D eigenvalue weighted by molar-refractivity contribution is 0.103. The Morgan fingerprint density at radius 1 is 1.00 bits per heavy atom.